The average molecular weight is 694 g/mol. The topological polar surface area (TPSA) is 56.5 Å². The lowest BCUT2D eigenvalue weighted by atomic mass is 9.81. The molecule has 0 amide bonds. The van der Waals surface area contributed by atoms with Crippen LogP contribution in [0.3, 0.4) is 0 Å². The van der Waals surface area contributed by atoms with Crippen LogP contribution in [0.2, 0.25) is 0 Å². The lowest BCUT2D eigenvalue weighted by Crippen LogP contribution is -2.15. The maximum Gasteiger partial charge on any atom is 0.160 e. The van der Waals surface area contributed by atoms with Crippen LogP contribution in [0.4, 0.5) is 0 Å². The summed E-state index contributed by atoms with van der Waals surface area (Å²) in [6.45, 7) is 4.65. The van der Waals surface area contributed by atoms with E-state index < -0.39 is 0 Å². The zero-order valence-electron chi connectivity index (χ0n) is 30.0. The standard InChI is InChI=1S/C49H35N5/c1-49(2)40-28-35(37-24-27-46(50-31-37)54-45-21-13-12-20-42(45)53-48(54)34-18-10-5-11-19-34)22-25-38(40)39-26-23-36(29-41(39)49)44-30-43(32-14-6-3-7-15-32)51-47(52-44)33-16-8-4-9-17-33/h3-31H,1-2H3. The Balaban J connectivity index is 1.01. The number of hydrogen-bond donors (Lipinski definition) is 0. The van der Waals surface area contributed by atoms with Crippen LogP contribution in [0.25, 0.3) is 84.4 Å². The minimum absolute atomic E-state index is 0.220. The predicted molar refractivity (Wildman–Crippen MR) is 219 cm³/mol. The summed E-state index contributed by atoms with van der Waals surface area (Å²) in [6.07, 6.45) is 1.98. The van der Waals surface area contributed by atoms with Gasteiger partial charge in [-0.05, 0) is 70.3 Å². The first-order chi connectivity index (χ1) is 26.5. The second-order valence-corrected chi connectivity index (χ2v) is 14.4. The van der Waals surface area contributed by atoms with Crippen LogP contribution in [-0.2, 0) is 5.41 Å². The summed E-state index contributed by atoms with van der Waals surface area (Å²) >= 11 is 0. The van der Waals surface area contributed by atoms with E-state index in [1.807, 2.05) is 54.7 Å². The van der Waals surface area contributed by atoms with Crippen LogP contribution in [0.5, 0.6) is 0 Å². The van der Waals surface area contributed by atoms with Crippen molar-refractivity contribution in [3.63, 3.8) is 0 Å². The van der Waals surface area contributed by atoms with Gasteiger partial charge in [-0.2, -0.15) is 0 Å². The number of para-hydroxylation sites is 2. The lowest BCUT2D eigenvalue weighted by Gasteiger charge is -2.22. The van der Waals surface area contributed by atoms with Gasteiger partial charge in [0.2, 0.25) is 0 Å². The zero-order valence-corrected chi connectivity index (χ0v) is 30.0. The largest absolute Gasteiger partial charge is 0.276 e. The first kappa shape index (κ1) is 31.7. The molecule has 5 heteroatoms. The van der Waals surface area contributed by atoms with E-state index in [1.54, 1.807) is 0 Å². The van der Waals surface area contributed by atoms with Crippen molar-refractivity contribution in [3.05, 3.63) is 187 Å². The van der Waals surface area contributed by atoms with E-state index in [-0.39, 0.29) is 5.41 Å². The van der Waals surface area contributed by atoms with Crippen LogP contribution >= 0.6 is 0 Å². The minimum Gasteiger partial charge on any atom is -0.276 e. The molecule has 3 aromatic heterocycles. The van der Waals surface area contributed by atoms with E-state index in [0.717, 1.165) is 73.3 Å². The molecule has 1 aliphatic rings. The average Bonchev–Trinajstić information content (AvgIpc) is 3.74. The molecule has 0 unspecified atom stereocenters. The van der Waals surface area contributed by atoms with E-state index in [2.05, 4.69) is 140 Å². The number of aromatic nitrogens is 5. The Morgan fingerprint density at radius 1 is 0.444 bits per heavy atom. The molecule has 0 spiro atoms. The molecule has 3 heterocycles. The van der Waals surface area contributed by atoms with E-state index >= 15 is 0 Å². The second-order valence-electron chi connectivity index (χ2n) is 14.4. The lowest BCUT2D eigenvalue weighted by molar-refractivity contribution is 0.661. The smallest absolute Gasteiger partial charge is 0.160 e. The fraction of sp³-hybridized carbons (Fsp3) is 0.0612. The molecule has 54 heavy (non-hydrogen) atoms. The van der Waals surface area contributed by atoms with Crippen molar-refractivity contribution in [3.8, 4) is 73.4 Å². The summed E-state index contributed by atoms with van der Waals surface area (Å²) in [5.41, 5.74) is 15.1. The summed E-state index contributed by atoms with van der Waals surface area (Å²) in [4.78, 5) is 20.1. The summed E-state index contributed by atoms with van der Waals surface area (Å²) in [6, 6.07) is 59.1. The van der Waals surface area contributed by atoms with Crippen LogP contribution < -0.4 is 0 Å². The van der Waals surface area contributed by atoms with Gasteiger partial charge in [-0.1, -0.05) is 141 Å². The molecule has 0 fully saturated rings. The van der Waals surface area contributed by atoms with Crippen molar-refractivity contribution in [2.24, 2.45) is 0 Å². The van der Waals surface area contributed by atoms with Gasteiger partial charge in [0.1, 0.15) is 11.6 Å². The summed E-state index contributed by atoms with van der Waals surface area (Å²) in [5.74, 6) is 2.43. The van der Waals surface area contributed by atoms with E-state index in [4.69, 9.17) is 19.9 Å². The fourth-order valence-electron chi connectivity index (χ4n) is 7.87. The van der Waals surface area contributed by atoms with Gasteiger partial charge in [0.15, 0.2) is 5.82 Å². The minimum atomic E-state index is -0.220. The van der Waals surface area contributed by atoms with Gasteiger partial charge in [-0.25, -0.2) is 19.9 Å². The monoisotopic (exact) mass is 693 g/mol. The van der Waals surface area contributed by atoms with Crippen LogP contribution in [-0.4, -0.2) is 24.5 Å². The number of imidazole rings is 1. The molecule has 0 aliphatic heterocycles. The molecule has 0 N–H and O–H groups in total. The zero-order chi connectivity index (χ0) is 36.2. The first-order valence-corrected chi connectivity index (χ1v) is 18.3. The number of benzene rings is 6. The highest BCUT2D eigenvalue weighted by atomic mass is 15.1. The van der Waals surface area contributed by atoms with Gasteiger partial charge in [-0.3, -0.25) is 4.57 Å². The first-order valence-electron chi connectivity index (χ1n) is 18.3. The summed E-state index contributed by atoms with van der Waals surface area (Å²) in [5, 5.41) is 0. The molecule has 5 nitrogen and oxygen atoms in total. The second kappa shape index (κ2) is 12.6. The van der Waals surface area contributed by atoms with Gasteiger partial charge >= 0.3 is 0 Å². The maximum atomic E-state index is 5.12. The molecule has 256 valence electrons. The van der Waals surface area contributed by atoms with Crippen molar-refractivity contribution in [2.75, 3.05) is 0 Å². The van der Waals surface area contributed by atoms with E-state index in [1.165, 1.54) is 22.3 Å². The van der Waals surface area contributed by atoms with Crippen molar-refractivity contribution < 1.29 is 0 Å². The van der Waals surface area contributed by atoms with Crippen molar-refractivity contribution in [1.29, 1.82) is 0 Å². The van der Waals surface area contributed by atoms with Gasteiger partial charge in [0, 0.05) is 39.4 Å². The molecule has 0 saturated heterocycles. The van der Waals surface area contributed by atoms with Gasteiger partial charge in [0.05, 0.1) is 22.4 Å². The predicted octanol–water partition coefficient (Wildman–Crippen LogP) is 11.9. The fourth-order valence-corrected chi connectivity index (χ4v) is 7.87. The summed E-state index contributed by atoms with van der Waals surface area (Å²) < 4.78 is 2.15. The highest BCUT2D eigenvalue weighted by Gasteiger charge is 2.36. The highest BCUT2D eigenvalue weighted by Crippen LogP contribution is 2.50. The molecule has 1 aliphatic carbocycles. The molecule has 10 rings (SSSR count). The molecule has 0 saturated carbocycles. The molecule has 6 aromatic carbocycles. The molecular formula is C49H35N5. The van der Waals surface area contributed by atoms with E-state index in [0.29, 0.717) is 0 Å². The third-order valence-corrected chi connectivity index (χ3v) is 10.7. The molecule has 9 aromatic rings. The van der Waals surface area contributed by atoms with Crippen LogP contribution in [0.15, 0.2) is 176 Å². The third-order valence-electron chi connectivity index (χ3n) is 10.7. The Labute approximate surface area is 314 Å². The van der Waals surface area contributed by atoms with Crippen molar-refractivity contribution in [1.82, 2.24) is 24.5 Å². The molecular weight excluding hydrogens is 659 g/mol. The van der Waals surface area contributed by atoms with Gasteiger partial charge in [-0.15, -0.1) is 0 Å². The Bertz CT molecular complexity index is 2760. The number of hydrogen-bond acceptors (Lipinski definition) is 4. The quantitative estimate of drug-likeness (QED) is 0.174. The SMILES string of the molecule is CC1(C)c2cc(-c3ccc(-n4c(-c5ccccc5)nc5ccccc54)nc3)ccc2-c2ccc(-c3cc(-c4ccccc4)nc(-c4ccccc4)n3)cc21. The Morgan fingerprint density at radius 3 is 1.67 bits per heavy atom. The Morgan fingerprint density at radius 2 is 1.00 bits per heavy atom. The number of pyridine rings is 1. The van der Waals surface area contributed by atoms with E-state index in [9.17, 15) is 0 Å². The number of nitrogens with zero attached hydrogens (tertiary/aromatic N) is 5. The highest BCUT2D eigenvalue weighted by molar-refractivity contribution is 5.87. The molecule has 0 radical (unpaired) electrons. The number of fused-ring (bicyclic) bond motifs is 4. The van der Waals surface area contributed by atoms with Gasteiger partial charge < -0.3 is 0 Å². The third kappa shape index (κ3) is 5.32. The normalized spacial score (nSPS) is 12.8. The number of rotatable bonds is 6. The van der Waals surface area contributed by atoms with Crippen molar-refractivity contribution >= 4 is 11.0 Å². The molecule has 0 atom stereocenters. The Kier molecular flexibility index (Phi) is 7.41. The summed E-state index contributed by atoms with van der Waals surface area (Å²) in [7, 11) is 0. The van der Waals surface area contributed by atoms with Crippen LogP contribution in [0, 0.1) is 0 Å². The molecule has 0 bridgehead atoms. The Hall–Kier alpha value is -6.98. The van der Waals surface area contributed by atoms with Gasteiger partial charge in [0.25, 0.3) is 0 Å². The van der Waals surface area contributed by atoms with Crippen LogP contribution in [0.1, 0.15) is 25.0 Å². The maximum absolute atomic E-state index is 5.12. The van der Waals surface area contributed by atoms with Crippen molar-refractivity contribution in [2.45, 2.75) is 19.3 Å².